The highest BCUT2D eigenvalue weighted by Crippen LogP contribution is 2.26. The predicted octanol–water partition coefficient (Wildman–Crippen LogP) is 1.71. The lowest BCUT2D eigenvalue weighted by atomic mass is 10.1. The highest BCUT2D eigenvalue weighted by atomic mass is 35.5. The molecule has 1 aromatic carbocycles. The van der Waals surface area contributed by atoms with Crippen molar-refractivity contribution in [1.82, 2.24) is 4.72 Å². The molecule has 1 aliphatic heterocycles. The Labute approximate surface area is 121 Å². The molecule has 1 N–H and O–H groups in total. The average Bonchev–Trinajstić information content (AvgIpc) is 2.39. The van der Waals surface area contributed by atoms with Gasteiger partial charge in [-0.1, -0.05) is 11.6 Å². The van der Waals surface area contributed by atoms with E-state index in [0.717, 1.165) is 18.6 Å². The predicted molar refractivity (Wildman–Crippen MR) is 72.3 cm³/mol. The Bertz CT molecular complexity index is 613. The fourth-order valence-corrected chi connectivity index (χ4v) is 3.70. The van der Waals surface area contributed by atoms with E-state index < -0.39 is 14.9 Å². The summed E-state index contributed by atoms with van der Waals surface area (Å²) in [5.41, 5.74) is -0.324. The lowest BCUT2D eigenvalue weighted by Crippen LogP contribution is -2.40. The van der Waals surface area contributed by atoms with Crippen LogP contribution in [0.25, 0.3) is 0 Å². The van der Waals surface area contributed by atoms with E-state index in [1.54, 1.807) is 0 Å². The zero-order chi connectivity index (χ0) is 14.8. The summed E-state index contributed by atoms with van der Waals surface area (Å²) < 4.78 is 32.1. The molecule has 2 rings (SSSR count). The molecule has 1 fully saturated rings. The maximum absolute atomic E-state index is 12.2. The van der Waals surface area contributed by atoms with E-state index in [2.05, 4.69) is 4.72 Å². The Morgan fingerprint density at radius 1 is 1.45 bits per heavy atom. The van der Waals surface area contributed by atoms with Crippen LogP contribution in [0.4, 0.5) is 5.69 Å². The van der Waals surface area contributed by atoms with Crippen LogP contribution < -0.4 is 4.72 Å². The summed E-state index contributed by atoms with van der Waals surface area (Å²) in [7, 11) is -3.91. The van der Waals surface area contributed by atoms with Crippen LogP contribution in [0, 0.1) is 10.1 Å². The van der Waals surface area contributed by atoms with Crippen molar-refractivity contribution in [3.63, 3.8) is 0 Å². The van der Waals surface area contributed by atoms with Gasteiger partial charge in [0.15, 0.2) is 0 Å². The molecule has 20 heavy (non-hydrogen) atoms. The van der Waals surface area contributed by atoms with E-state index in [1.165, 1.54) is 6.07 Å². The third kappa shape index (κ3) is 3.45. The number of nitrogens with one attached hydrogen (secondary N) is 1. The largest absolute Gasteiger partial charge is 0.380 e. The standard InChI is InChI=1S/C11H13ClN2O5S/c12-10-4-3-9(14(15)16)6-11(10)20(17,18)13-8-2-1-5-19-7-8/h3-4,6,8,13H,1-2,5,7H2. The van der Waals surface area contributed by atoms with Crippen LogP contribution in [0.15, 0.2) is 23.1 Å². The highest BCUT2D eigenvalue weighted by Gasteiger charge is 2.26. The molecule has 1 unspecified atom stereocenters. The Balaban J connectivity index is 2.28. The Morgan fingerprint density at radius 3 is 2.80 bits per heavy atom. The lowest BCUT2D eigenvalue weighted by molar-refractivity contribution is -0.385. The van der Waals surface area contributed by atoms with Gasteiger partial charge in [0.1, 0.15) is 4.90 Å². The first kappa shape index (κ1) is 15.2. The lowest BCUT2D eigenvalue weighted by Gasteiger charge is -2.23. The minimum Gasteiger partial charge on any atom is -0.380 e. The van der Waals surface area contributed by atoms with Crippen molar-refractivity contribution < 1.29 is 18.1 Å². The molecule has 9 heteroatoms. The van der Waals surface area contributed by atoms with Crippen molar-refractivity contribution in [2.75, 3.05) is 13.2 Å². The van der Waals surface area contributed by atoms with E-state index in [1.807, 2.05) is 0 Å². The quantitative estimate of drug-likeness (QED) is 0.672. The van der Waals surface area contributed by atoms with Gasteiger partial charge < -0.3 is 4.74 Å². The van der Waals surface area contributed by atoms with Gasteiger partial charge in [0, 0.05) is 24.8 Å². The molecule has 1 aromatic rings. The summed E-state index contributed by atoms with van der Waals surface area (Å²) in [6.07, 6.45) is 1.42. The normalized spacial score (nSPS) is 19.8. The van der Waals surface area contributed by atoms with Crippen LogP contribution in [0.1, 0.15) is 12.8 Å². The molecule has 0 saturated carbocycles. The van der Waals surface area contributed by atoms with Gasteiger partial charge in [-0.2, -0.15) is 0 Å². The molecular weight excluding hydrogens is 308 g/mol. The smallest absolute Gasteiger partial charge is 0.270 e. The number of rotatable bonds is 4. The van der Waals surface area contributed by atoms with Crippen molar-refractivity contribution in [2.24, 2.45) is 0 Å². The van der Waals surface area contributed by atoms with Gasteiger partial charge in [-0.15, -0.1) is 0 Å². The van der Waals surface area contributed by atoms with Crippen LogP contribution in [0.5, 0.6) is 0 Å². The zero-order valence-corrected chi connectivity index (χ0v) is 12.0. The van der Waals surface area contributed by atoms with E-state index in [4.69, 9.17) is 16.3 Å². The molecule has 7 nitrogen and oxygen atoms in total. The van der Waals surface area contributed by atoms with Crippen LogP contribution >= 0.6 is 11.6 Å². The average molecular weight is 321 g/mol. The summed E-state index contributed by atoms with van der Waals surface area (Å²) in [6, 6.07) is 2.97. The van der Waals surface area contributed by atoms with E-state index in [0.29, 0.717) is 13.0 Å². The van der Waals surface area contributed by atoms with Gasteiger partial charge in [-0.3, -0.25) is 10.1 Å². The first-order chi connectivity index (χ1) is 9.40. The van der Waals surface area contributed by atoms with Crippen LogP contribution in [-0.4, -0.2) is 32.6 Å². The zero-order valence-electron chi connectivity index (χ0n) is 10.4. The van der Waals surface area contributed by atoms with Crippen LogP contribution in [-0.2, 0) is 14.8 Å². The first-order valence-corrected chi connectivity index (χ1v) is 7.80. The second kappa shape index (κ2) is 6.04. The van der Waals surface area contributed by atoms with Crippen molar-refractivity contribution in [2.45, 2.75) is 23.8 Å². The molecule has 0 aliphatic carbocycles. The number of nitro benzene ring substituents is 1. The van der Waals surface area contributed by atoms with Gasteiger partial charge in [0.2, 0.25) is 10.0 Å². The van der Waals surface area contributed by atoms with Crippen molar-refractivity contribution in [3.05, 3.63) is 33.3 Å². The highest BCUT2D eigenvalue weighted by molar-refractivity contribution is 7.89. The first-order valence-electron chi connectivity index (χ1n) is 5.94. The third-order valence-corrected chi connectivity index (χ3v) is 4.90. The van der Waals surface area contributed by atoms with Gasteiger partial charge in [0.25, 0.3) is 5.69 Å². The second-order valence-corrected chi connectivity index (χ2v) is 6.50. The second-order valence-electron chi connectivity index (χ2n) is 4.41. The van der Waals surface area contributed by atoms with Crippen molar-refractivity contribution in [1.29, 1.82) is 0 Å². The number of non-ortho nitro benzene ring substituents is 1. The number of ether oxygens (including phenoxy) is 1. The van der Waals surface area contributed by atoms with Gasteiger partial charge in [0.05, 0.1) is 16.6 Å². The number of halogens is 1. The number of benzene rings is 1. The van der Waals surface area contributed by atoms with E-state index >= 15 is 0 Å². The Hall–Kier alpha value is -1.22. The SMILES string of the molecule is O=[N+]([O-])c1ccc(Cl)c(S(=O)(=O)NC2CCCOC2)c1. The molecular formula is C11H13ClN2O5S. The minimum absolute atomic E-state index is 0.0557. The molecule has 110 valence electrons. The molecule has 0 radical (unpaired) electrons. The number of sulfonamides is 1. The number of nitrogens with zero attached hydrogens (tertiary/aromatic N) is 1. The number of hydrogen-bond donors (Lipinski definition) is 1. The maximum Gasteiger partial charge on any atom is 0.270 e. The van der Waals surface area contributed by atoms with E-state index in [-0.39, 0.29) is 28.3 Å². The van der Waals surface area contributed by atoms with Crippen molar-refractivity contribution >= 4 is 27.3 Å². The molecule has 0 spiro atoms. The van der Waals surface area contributed by atoms with Crippen LogP contribution in [0.2, 0.25) is 5.02 Å². The third-order valence-electron chi connectivity index (χ3n) is 2.90. The summed E-state index contributed by atoms with van der Waals surface area (Å²) >= 11 is 5.83. The van der Waals surface area contributed by atoms with Gasteiger partial charge in [-0.25, -0.2) is 13.1 Å². The summed E-state index contributed by atoms with van der Waals surface area (Å²) in [5, 5.41) is 10.7. The molecule has 0 aromatic heterocycles. The molecule has 1 aliphatic rings. The monoisotopic (exact) mass is 320 g/mol. The molecule has 0 amide bonds. The molecule has 1 atom stereocenters. The fourth-order valence-electron chi connectivity index (χ4n) is 1.93. The molecule has 1 saturated heterocycles. The summed E-state index contributed by atoms with van der Waals surface area (Å²) in [4.78, 5) is 9.75. The Morgan fingerprint density at radius 2 is 2.20 bits per heavy atom. The van der Waals surface area contributed by atoms with Gasteiger partial charge >= 0.3 is 0 Å². The van der Waals surface area contributed by atoms with E-state index in [9.17, 15) is 18.5 Å². The van der Waals surface area contributed by atoms with Gasteiger partial charge in [-0.05, 0) is 18.9 Å². The fraction of sp³-hybridized carbons (Fsp3) is 0.455. The topological polar surface area (TPSA) is 98.5 Å². The van der Waals surface area contributed by atoms with Crippen molar-refractivity contribution in [3.8, 4) is 0 Å². The summed E-state index contributed by atoms with van der Waals surface area (Å²) in [6.45, 7) is 0.890. The molecule has 0 bridgehead atoms. The molecule has 1 heterocycles. The number of hydrogen-bond acceptors (Lipinski definition) is 5. The summed E-state index contributed by atoms with van der Waals surface area (Å²) in [5.74, 6) is 0. The Kier molecular flexibility index (Phi) is 4.59. The number of nitro groups is 1. The van der Waals surface area contributed by atoms with Crippen LogP contribution in [0.3, 0.4) is 0 Å². The maximum atomic E-state index is 12.2. The minimum atomic E-state index is -3.91.